The number of rotatable bonds is 2. The van der Waals surface area contributed by atoms with Crippen molar-refractivity contribution in [3.63, 3.8) is 0 Å². The van der Waals surface area contributed by atoms with E-state index in [0.717, 1.165) is 31.6 Å². The summed E-state index contributed by atoms with van der Waals surface area (Å²) in [6.45, 7) is 5.87. The average molecular weight is 254 g/mol. The molecule has 3 nitrogen and oxygen atoms in total. The Morgan fingerprint density at radius 2 is 2.19 bits per heavy atom. The summed E-state index contributed by atoms with van der Waals surface area (Å²) in [4.78, 5) is 4.47. The number of hydrazone groups is 1. The number of nitrogens with zero attached hydrogens (tertiary/aromatic N) is 2. The van der Waals surface area contributed by atoms with Crippen molar-refractivity contribution in [2.45, 2.75) is 20.8 Å². The lowest BCUT2D eigenvalue weighted by Gasteiger charge is -1.94. The molecule has 0 unspecified atom stereocenters. The third-order valence-corrected chi connectivity index (χ3v) is 3.15. The van der Waals surface area contributed by atoms with Crippen LogP contribution < -0.4 is 5.43 Å². The zero-order chi connectivity index (χ0) is 11.7. The van der Waals surface area contributed by atoms with E-state index in [0.29, 0.717) is 0 Å². The number of anilines is 1. The monoisotopic (exact) mass is 253 g/mol. The molecule has 0 fully saturated rings. The molecule has 5 heteroatoms. The van der Waals surface area contributed by atoms with Crippen LogP contribution in [0.15, 0.2) is 17.2 Å². The third-order valence-electron chi connectivity index (χ3n) is 2.03. The number of thiazole rings is 1. The van der Waals surface area contributed by atoms with Gasteiger partial charge in [-0.3, -0.25) is 5.43 Å². The minimum atomic E-state index is 0.746. The Kier molecular flexibility index (Phi) is 3.12. The van der Waals surface area contributed by atoms with E-state index in [-0.39, 0.29) is 0 Å². The Morgan fingerprint density at radius 3 is 2.88 bits per heavy atom. The number of nitrogens with one attached hydrogen (secondary N) is 1. The molecule has 0 saturated heterocycles. The Labute approximate surface area is 103 Å². The Hall–Kier alpha value is -1.13. The predicted octanol–water partition coefficient (Wildman–Crippen LogP) is 4.07. The molecular weight excluding hydrogens is 242 g/mol. The highest BCUT2D eigenvalue weighted by atomic mass is 35.5. The lowest BCUT2D eigenvalue weighted by molar-refractivity contribution is 1.28. The van der Waals surface area contributed by atoms with Crippen molar-refractivity contribution in [1.82, 2.24) is 4.98 Å². The molecule has 0 atom stereocenters. The van der Waals surface area contributed by atoms with Gasteiger partial charge in [-0.15, -0.1) is 0 Å². The van der Waals surface area contributed by atoms with Crippen LogP contribution in [0.25, 0.3) is 10.2 Å². The molecule has 0 aliphatic carbocycles. The van der Waals surface area contributed by atoms with Crippen LogP contribution in [0.4, 0.5) is 5.13 Å². The molecule has 0 saturated carbocycles. The van der Waals surface area contributed by atoms with E-state index in [9.17, 15) is 0 Å². The number of aryl methyl sites for hydroxylation is 1. The van der Waals surface area contributed by atoms with Crippen LogP contribution in [0.3, 0.4) is 0 Å². The fourth-order valence-corrected chi connectivity index (χ4v) is 2.63. The summed E-state index contributed by atoms with van der Waals surface area (Å²) in [6, 6.07) is 3.84. The van der Waals surface area contributed by atoms with Gasteiger partial charge in [-0.2, -0.15) is 5.10 Å². The summed E-state index contributed by atoms with van der Waals surface area (Å²) in [5.41, 5.74) is 5.97. The molecule has 0 aliphatic heterocycles. The fraction of sp³-hybridized carbons (Fsp3) is 0.273. The summed E-state index contributed by atoms with van der Waals surface area (Å²) < 4.78 is 1.08. The zero-order valence-electron chi connectivity index (χ0n) is 9.34. The smallest absolute Gasteiger partial charge is 0.204 e. The van der Waals surface area contributed by atoms with Crippen LogP contribution in [-0.2, 0) is 0 Å². The first-order chi connectivity index (χ1) is 7.56. The van der Waals surface area contributed by atoms with Crippen LogP contribution in [0, 0.1) is 6.92 Å². The maximum atomic E-state index is 5.99. The van der Waals surface area contributed by atoms with Gasteiger partial charge in [0, 0.05) is 10.7 Å². The van der Waals surface area contributed by atoms with Gasteiger partial charge in [-0.1, -0.05) is 22.9 Å². The number of halogens is 1. The number of hydrogen-bond donors (Lipinski definition) is 1. The molecule has 84 valence electrons. The normalized spacial score (nSPS) is 10.5. The summed E-state index contributed by atoms with van der Waals surface area (Å²) in [5.74, 6) is 0. The molecule has 0 aliphatic rings. The van der Waals surface area contributed by atoms with Crippen molar-refractivity contribution in [3.8, 4) is 0 Å². The SMILES string of the molecule is CC(C)=NNc1nc2c(C)cc(Cl)cc2s1. The number of fused-ring (bicyclic) bond motifs is 1. The van der Waals surface area contributed by atoms with Gasteiger partial charge in [0.1, 0.15) is 0 Å². The highest BCUT2D eigenvalue weighted by Crippen LogP contribution is 2.30. The maximum Gasteiger partial charge on any atom is 0.204 e. The second-order valence-corrected chi connectivity index (χ2v) is 5.23. The topological polar surface area (TPSA) is 37.3 Å². The van der Waals surface area contributed by atoms with E-state index in [4.69, 9.17) is 11.6 Å². The summed E-state index contributed by atoms with van der Waals surface area (Å²) >= 11 is 7.55. The minimum Gasteiger partial charge on any atom is -0.253 e. The lowest BCUT2D eigenvalue weighted by Crippen LogP contribution is -1.91. The molecule has 1 aromatic carbocycles. The van der Waals surface area contributed by atoms with E-state index in [1.54, 1.807) is 11.3 Å². The molecular formula is C11H12ClN3S. The van der Waals surface area contributed by atoms with Crippen LogP contribution in [-0.4, -0.2) is 10.7 Å². The molecule has 2 aromatic rings. The molecule has 0 amide bonds. The average Bonchev–Trinajstić information content (AvgIpc) is 2.57. The van der Waals surface area contributed by atoms with Gasteiger partial charge in [0.05, 0.1) is 10.2 Å². The van der Waals surface area contributed by atoms with E-state index in [1.807, 2.05) is 32.9 Å². The van der Waals surface area contributed by atoms with E-state index >= 15 is 0 Å². The summed E-state index contributed by atoms with van der Waals surface area (Å²) in [5, 5.41) is 5.66. The highest BCUT2D eigenvalue weighted by molar-refractivity contribution is 7.22. The molecule has 1 heterocycles. The second-order valence-electron chi connectivity index (χ2n) is 3.76. The summed E-state index contributed by atoms with van der Waals surface area (Å²) in [7, 11) is 0. The van der Waals surface area contributed by atoms with Gasteiger partial charge in [0.15, 0.2) is 0 Å². The van der Waals surface area contributed by atoms with Crippen LogP contribution in [0.1, 0.15) is 19.4 Å². The maximum absolute atomic E-state index is 5.99. The highest BCUT2D eigenvalue weighted by Gasteiger charge is 2.06. The van der Waals surface area contributed by atoms with Crippen molar-refractivity contribution in [1.29, 1.82) is 0 Å². The number of benzene rings is 1. The van der Waals surface area contributed by atoms with E-state index in [1.165, 1.54) is 0 Å². The van der Waals surface area contributed by atoms with Gasteiger partial charge >= 0.3 is 0 Å². The predicted molar refractivity (Wildman–Crippen MR) is 71.8 cm³/mol. The lowest BCUT2D eigenvalue weighted by atomic mass is 10.2. The van der Waals surface area contributed by atoms with Crippen LogP contribution in [0.2, 0.25) is 5.02 Å². The van der Waals surface area contributed by atoms with E-state index < -0.39 is 0 Å². The summed E-state index contributed by atoms with van der Waals surface area (Å²) in [6.07, 6.45) is 0. The second kappa shape index (κ2) is 4.39. The minimum absolute atomic E-state index is 0.746. The quantitative estimate of drug-likeness (QED) is 0.647. The first-order valence-electron chi connectivity index (χ1n) is 4.90. The molecule has 0 radical (unpaired) electrons. The molecule has 2 rings (SSSR count). The van der Waals surface area contributed by atoms with Crippen molar-refractivity contribution in [2.24, 2.45) is 5.10 Å². The van der Waals surface area contributed by atoms with Gasteiger partial charge in [0.25, 0.3) is 0 Å². The van der Waals surface area contributed by atoms with Crippen molar-refractivity contribution < 1.29 is 0 Å². The molecule has 1 aromatic heterocycles. The molecule has 1 N–H and O–H groups in total. The Balaban J connectivity index is 2.44. The number of aromatic nitrogens is 1. The zero-order valence-corrected chi connectivity index (χ0v) is 10.9. The standard InChI is InChI=1S/C11H12ClN3S/c1-6(2)14-15-11-13-10-7(3)4-8(12)5-9(10)16-11/h4-5H,1-3H3,(H,13,15). The van der Waals surface area contributed by atoms with E-state index in [2.05, 4.69) is 15.5 Å². The fourth-order valence-electron chi connectivity index (χ4n) is 1.36. The number of hydrogen-bond acceptors (Lipinski definition) is 4. The van der Waals surface area contributed by atoms with Crippen molar-refractivity contribution in [2.75, 3.05) is 5.43 Å². The third kappa shape index (κ3) is 2.33. The van der Waals surface area contributed by atoms with Gasteiger partial charge in [-0.05, 0) is 38.5 Å². The Morgan fingerprint density at radius 1 is 1.44 bits per heavy atom. The molecule has 0 bridgehead atoms. The van der Waals surface area contributed by atoms with Crippen molar-refractivity contribution >= 4 is 44.0 Å². The van der Waals surface area contributed by atoms with Gasteiger partial charge in [0.2, 0.25) is 5.13 Å². The van der Waals surface area contributed by atoms with Gasteiger partial charge < -0.3 is 0 Å². The molecule has 0 spiro atoms. The molecule has 16 heavy (non-hydrogen) atoms. The first-order valence-corrected chi connectivity index (χ1v) is 6.09. The first kappa shape index (κ1) is 11.4. The van der Waals surface area contributed by atoms with Crippen molar-refractivity contribution in [3.05, 3.63) is 22.7 Å². The van der Waals surface area contributed by atoms with Gasteiger partial charge in [-0.25, -0.2) is 4.98 Å². The van der Waals surface area contributed by atoms with Crippen LogP contribution >= 0.6 is 22.9 Å². The Bertz CT molecular complexity index is 556. The largest absolute Gasteiger partial charge is 0.253 e. The van der Waals surface area contributed by atoms with Crippen LogP contribution in [0.5, 0.6) is 0 Å².